The summed E-state index contributed by atoms with van der Waals surface area (Å²) in [4.78, 5) is 32.9. The maximum Gasteiger partial charge on any atom is 0.338 e. The number of nitrogens with zero attached hydrogens (tertiary/aromatic N) is 2. The van der Waals surface area contributed by atoms with Gasteiger partial charge in [-0.2, -0.15) is 0 Å². The highest BCUT2D eigenvalue weighted by atomic mass is 16.5. The number of ether oxygens (including phenoxy) is 1. The first-order valence-electron chi connectivity index (χ1n) is 7.70. The van der Waals surface area contributed by atoms with Crippen LogP contribution in [0.1, 0.15) is 41.5 Å². The molecule has 1 N–H and O–H groups in total. The molecule has 1 aromatic carbocycles. The zero-order valence-corrected chi connectivity index (χ0v) is 13.4. The van der Waals surface area contributed by atoms with Gasteiger partial charge >= 0.3 is 5.97 Å². The second kappa shape index (κ2) is 5.95. The lowest BCUT2D eigenvalue weighted by atomic mass is 10.2. The minimum atomic E-state index is -0.815. The zero-order chi connectivity index (χ0) is 16.6. The average molecular weight is 313 g/mol. The fraction of sp³-hybridized carbons (Fsp3) is 0.412. The van der Waals surface area contributed by atoms with Crippen LogP contribution in [0.25, 0.3) is 11.0 Å². The molecule has 1 amide bonds. The first kappa shape index (κ1) is 15.4. The van der Waals surface area contributed by atoms with E-state index in [1.807, 2.05) is 13.8 Å². The summed E-state index contributed by atoms with van der Waals surface area (Å²) in [6.07, 6.45) is 1.17. The van der Waals surface area contributed by atoms with Crippen molar-refractivity contribution >= 4 is 22.9 Å². The van der Waals surface area contributed by atoms with Gasteiger partial charge in [0.1, 0.15) is 0 Å². The number of rotatable bonds is 4. The number of fused-ring (bicyclic) bond motifs is 1. The van der Waals surface area contributed by atoms with Crippen molar-refractivity contribution in [2.75, 3.05) is 0 Å². The van der Waals surface area contributed by atoms with Gasteiger partial charge < -0.3 is 10.1 Å². The van der Waals surface area contributed by atoms with Crippen molar-refractivity contribution in [3.8, 4) is 0 Å². The summed E-state index contributed by atoms with van der Waals surface area (Å²) in [7, 11) is 0. The molecular formula is C17H19N3O3. The Bertz CT molecular complexity index is 784. The van der Waals surface area contributed by atoms with E-state index in [0.29, 0.717) is 11.1 Å². The van der Waals surface area contributed by atoms with Crippen molar-refractivity contribution in [3.63, 3.8) is 0 Å². The van der Waals surface area contributed by atoms with E-state index in [9.17, 15) is 9.59 Å². The maximum absolute atomic E-state index is 12.2. The van der Waals surface area contributed by atoms with Crippen molar-refractivity contribution in [2.24, 2.45) is 0 Å². The summed E-state index contributed by atoms with van der Waals surface area (Å²) in [6.45, 7) is 5.34. The first-order valence-corrected chi connectivity index (χ1v) is 7.70. The molecular weight excluding hydrogens is 294 g/mol. The number of esters is 1. The Hall–Kier alpha value is -2.50. The predicted molar refractivity (Wildman–Crippen MR) is 85.1 cm³/mol. The summed E-state index contributed by atoms with van der Waals surface area (Å²) in [5.41, 5.74) is 3.40. The molecule has 1 heterocycles. The molecule has 0 saturated heterocycles. The Labute approximate surface area is 134 Å². The average Bonchev–Trinajstić information content (AvgIpc) is 3.31. The minimum Gasteiger partial charge on any atom is -0.449 e. The van der Waals surface area contributed by atoms with Crippen molar-refractivity contribution in [1.29, 1.82) is 0 Å². The monoisotopic (exact) mass is 313 g/mol. The van der Waals surface area contributed by atoms with Crippen LogP contribution in [0.3, 0.4) is 0 Å². The number of carbonyl (C=O) groups is 2. The van der Waals surface area contributed by atoms with Crippen LogP contribution in [0.4, 0.5) is 0 Å². The lowest BCUT2D eigenvalue weighted by Gasteiger charge is -2.13. The van der Waals surface area contributed by atoms with E-state index >= 15 is 0 Å². The molecule has 2 aromatic rings. The standard InChI is InChI=1S/C17H19N3O3/c1-9-10(2)19-15-8-12(4-7-14(15)18-9)17(22)23-11(3)16(21)20-13-5-6-13/h4,7-8,11,13H,5-6H2,1-3H3,(H,20,21)/t11-/m1/s1. The van der Waals surface area contributed by atoms with Crippen LogP contribution >= 0.6 is 0 Å². The van der Waals surface area contributed by atoms with Gasteiger partial charge in [0, 0.05) is 6.04 Å². The molecule has 1 atom stereocenters. The van der Waals surface area contributed by atoms with E-state index < -0.39 is 12.1 Å². The fourth-order valence-electron chi connectivity index (χ4n) is 2.19. The molecule has 1 aromatic heterocycles. The highest BCUT2D eigenvalue weighted by Crippen LogP contribution is 2.19. The van der Waals surface area contributed by atoms with Crippen LogP contribution in [0.15, 0.2) is 18.2 Å². The van der Waals surface area contributed by atoms with Gasteiger partial charge in [-0.1, -0.05) is 0 Å². The molecule has 1 aliphatic carbocycles. The molecule has 3 rings (SSSR count). The van der Waals surface area contributed by atoms with Crippen molar-refractivity contribution in [2.45, 2.75) is 45.8 Å². The smallest absolute Gasteiger partial charge is 0.338 e. The summed E-state index contributed by atoms with van der Waals surface area (Å²) in [5.74, 6) is -0.793. The number of benzene rings is 1. The van der Waals surface area contributed by atoms with Gasteiger partial charge in [-0.05, 0) is 51.8 Å². The molecule has 0 bridgehead atoms. The third-order valence-corrected chi connectivity index (χ3v) is 3.89. The van der Waals surface area contributed by atoms with Gasteiger partial charge in [-0.3, -0.25) is 4.79 Å². The Balaban J connectivity index is 1.74. The van der Waals surface area contributed by atoms with Crippen molar-refractivity contribution in [1.82, 2.24) is 15.3 Å². The van der Waals surface area contributed by atoms with E-state index in [4.69, 9.17) is 4.74 Å². The quantitative estimate of drug-likeness (QED) is 0.874. The number of hydrogen-bond donors (Lipinski definition) is 1. The third-order valence-electron chi connectivity index (χ3n) is 3.89. The van der Waals surface area contributed by atoms with E-state index in [2.05, 4.69) is 15.3 Å². The number of amides is 1. The highest BCUT2D eigenvalue weighted by Gasteiger charge is 2.27. The largest absolute Gasteiger partial charge is 0.449 e. The first-order chi connectivity index (χ1) is 10.9. The van der Waals surface area contributed by atoms with Crippen LogP contribution in [0.2, 0.25) is 0 Å². The van der Waals surface area contributed by atoms with Gasteiger partial charge in [-0.15, -0.1) is 0 Å². The predicted octanol–water partition coefficient (Wildman–Crippen LogP) is 2.07. The Morgan fingerprint density at radius 1 is 1.17 bits per heavy atom. The molecule has 1 aliphatic rings. The number of carbonyl (C=O) groups excluding carboxylic acids is 2. The molecule has 23 heavy (non-hydrogen) atoms. The number of hydrogen-bond acceptors (Lipinski definition) is 5. The van der Waals surface area contributed by atoms with Gasteiger partial charge in [0.2, 0.25) is 0 Å². The second-order valence-electron chi connectivity index (χ2n) is 5.93. The molecule has 0 aliphatic heterocycles. The summed E-state index contributed by atoms with van der Waals surface area (Å²) in [6, 6.07) is 5.26. The van der Waals surface area contributed by atoms with Crippen LogP contribution in [0.5, 0.6) is 0 Å². The normalized spacial score (nSPS) is 15.3. The maximum atomic E-state index is 12.2. The SMILES string of the molecule is Cc1nc2ccc(C(=O)O[C@H](C)C(=O)NC3CC3)cc2nc1C. The Morgan fingerprint density at radius 3 is 2.48 bits per heavy atom. The van der Waals surface area contributed by atoms with Crippen LogP contribution < -0.4 is 5.32 Å². The van der Waals surface area contributed by atoms with Crippen LogP contribution in [-0.4, -0.2) is 34.0 Å². The summed E-state index contributed by atoms with van der Waals surface area (Å²) < 4.78 is 5.23. The molecule has 0 radical (unpaired) electrons. The Morgan fingerprint density at radius 2 is 1.83 bits per heavy atom. The van der Waals surface area contributed by atoms with Gasteiger partial charge in [0.05, 0.1) is 28.0 Å². The molecule has 6 heteroatoms. The number of aryl methyl sites for hydroxylation is 2. The number of nitrogens with one attached hydrogen (secondary N) is 1. The van der Waals surface area contributed by atoms with E-state index in [0.717, 1.165) is 29.7 Å². The van der Waals surface area contributed by atoms with Gasteiger partial charge in [0.25, 0.3) is 5.91 Å². The molecule has 120 valence electrons. The lowest BCUT2D eigenvalue weighted by molar-refractivity contribution is -0.129. The molecule has 1 saturated carbocycles. The Kier molecular flexibility index (Phi) is 3.98. The van der Waals surface area contributed by atoms with Crippen LogP contribution in [0, 0.1) is 13.8 Å². The molecule has 0 spiro atoms. The summed E-state index contributed by atoms with van der Waals surface area (Å²) >= 11 is 0. The fourth-order valence-corrected chi connectivity index (χ4v) is 2.19. The van der Waals surface area contributed by atoms with Crippen LogP contribution in [-0.2, 0) is 9.53 Å². The summed E-state index contributed by atoms with van der Waals surface area (Å²) in [5, 5.41) is 2.82. The minimum absolute atomic E-state index is 0.241. The van der Waals surface area contributed by atoms with Gasteiger partial charge in [-0.25, -0.2) is 14.8 Å². The molecule has 1 fully saturated rings. The second-order valence-corrected chi connectivity index (χ2v) is 5.93. The molecule has 6 nitrogen and oxygen atoms in total. The van der Waals surface area contributed by atoms with E-state index in [1.54, 1.807) is 25.1 Å². The zero-order valence-electron chi connectivity index (χ0n) is 13.4. The highest BCUT2D eigenvalue weighted by molar-refractivity contribution is 5.95. The van der Waals surface area contributed by atoms with Gasteiger partial charge in [0.15, 0.2) is 6.10 Å². The van der Waals surface area contributed by atoms with Crippen molar-refractivity contribution < 1.29 is 14.3 Å². The van der Waals surface area contributed by atoms with E-state index in [-0.39, 0.29) is 11.9 Å². The van der Waals surface area contributed by atoms with Crippen molar-refractivity contribution in [3.05, 3.63) is 35.2 Å². The molecule has 0 unspecified atom stereocenters. The van der Waals surface area contributed by atoms with E-state index in [1.165, 1.54) is 0 Å². The third kappa shape index (κ3) is 3.47. The number of aromatic nitrogens is 2. The lowest BCUT2D eigenvalue weighted by Crippen LogP contribution is -2.37. The topological polar surface area (TPSA) is 81.2 Å².